The predicted octanol–water partition coefficient (Wildman–Crippen LogP) is 3.21. The fourth-order valence-electron chi connectivity index (χ4n) is 1.64. The van der Waals surface area contributed by atoms with Gasteiger partial charge < -0.3 is 5.32 Å². The van der Waals surface area contributed by atoms with Crippen LogP contribution in [0.15, 0.2) is 41.0 Å². The van der Waals surface area contributed by atoms with Gasteiger partial charge in [0.25, 0.3) is 5.91 Å². The topological polar surface area (TPSA) is 67.8 Å². The minimum absolute atomic E-state index is 0.221. The molecule has 1 aromatic heterocycles. The number of nitrogens with zero attached hydrogens (tertiary/aromatic N) is 3. The van der Waals surface area contributed by atoms with E-state index in [9.17, 15) is 4.79 Å². The third kappa shape index (κ3) is 3.62. The Hall–Kier alpha value is -1.86. The Balaban J connectivity index is 2.30. The van der Waals surface area contributed by atoms with Gasteiger partial charge in [-0.15, -0.1) is 22.0 Å². The summed E-state index contributed by atoms with van der Waals surface area (Å²) in [6.07, 6.45) is 5.40. The Bertz CT molecular complexity index is 676. The Morgan fingerprint density at radius 3 is 2.67 bits per heavy atom. The van der Waals surface area contributed by atoms with Gasteiger partial charge in [-0.1, -0.05) is 42.6 Å². The van der Waals surface area contributed by atoms with Gasteiger partial charge in [-0.2, -0.15) is 0 Å². The summed E-state index contributed by atoms with van der Waals surface area (Å²) in [5, 5.41) is 11.8. The Labute approximate surface area is 131 Å². The maximum Gasteiger partial charge on any atom is 0.279 e. The van der Waals surface area contributed by atoms with E-state index in [1.807, 2.05) is 36.8 Å². The van der Waals surface area contributed by atoms with Gasteiger partial charge >= 0.3 is 0 Å². The first kappa shape index (κ1) is 15.5. The van der Waals surface area contributed by atoms with E-state index in [1.165, 1.54) is 23.5 Å². The summed E-state index contributed by atoms with van der Waals surface area (Å²) in [4.78, 5) is 16.6. The van der Waals surface area contributed by atoms with E-state index in [4.69, 9.17) is 0 Å². The predicted molar refractivity (Wildman–Crippen MR) is 87.9 cm³/mol. The highest BCUT2D eigenvalue weighted by Crippen LogP contribution is 2.21. The molecule has 1 aromatic carbocycles. The maximum atomic E-state index is 12.4. The van der Waals surface area contributed by atoms with Crippen molar-refractivity contribution in [1.29, 1.82) is 0 Å². The first-order chi connectivity index (χ1) is 10.2. The molecule has 0 atom stereocenters. The van der Waals surface area contributed by atoms with Crippen molar-refractivity contribution < 1.29 is 4.79 Å². The van der Waals surface area contributed by atoms with Crippen molar-refractivity contribution in [1.82, 2.24) is 15.2 Å². The summed E-state index contributed by atoms with van der Waals surface area (Å²) in [5.41, 5.74) is 1.75. The molecule has 1 N–H and O–H groups in total. The molecule has 2 rings (SSSR count). The van der Waals surface area contributed by atoms with Crippen LogP contribution >= 0.6 is 23.5 Å². The van der Waals surface area contributed by atoms with Crippen LogP contribution in [0.4, 0.5) is 5.69 Å². The smallest absolute Gasteiger partial charge is 0.279 e. The van der Waals surface area contributed by atoms with Crippen molar-refractivity contribution >= 4 is 41.2 Å². The van der Waals surface area contributed by atoms with Gasteiger partial charge in [-0.05, 0) is 24.1 Å². The molecule has 0 aliphatic carbocycles. The second kappa shape index (κ2) is 7.24. The molecule has 0 aliphatic rings. The average Bonchev–Trinajstić information content (AvgIpc) is 2.54. The van der Waals surface area contributed by atoms with Gasteiger partial charge in [-0.25, -0.2) is 4.98 Å². The van der Waals surface area contributed by atoms with Crippen LogP contribution in [-0.2, 0) is 0 Å². The molecule has 21 heavy (non-hydrogen) atoms. The van der Waals surface area contributed by atoms with E-state index in [1.54, 1.807) is 6.08 Å². The number of carbonyl (C=O) groups excluding carboxylic acids is 1. The Morgan fingerprint density at radius 1 is 1.24 bits per heavy atom. The number of carbonyl (C=O) groups is 1. The molecule has 5 nitrogen and oxygen atoms in total. The van der Waals surface area contributed by atoms with Gasteiger partial charge in [0.15, 0.2) is 5.69 Å². The number of anilines is 1. The highest BCUT2D eigenvalue weighted by atomic mass is 32.2. The zero-order chi connectivity index (χ0) is 15.2. The number of rotatable bonds is 5. The van der Waals surface area contributed by atoms with Crippen molar-refractivity contribution in [2.75, 3.05) is 17.8 Å². The van der Waals surface area contributed by atoms with Crippen LogP contribution in [0, 0.1) is 0 Å². The minimum Gasteiger partial charge on any atom is -0.320 e. The number of amides is 1. The lowest BCUT2D eigenvalue weighted by molar-refractivity contribution is 0.101. The van der Waals surface area contributed by atoms with Crippen molar-refractivity contribution in [2.24, 2.45) is 0 Å². The molecule has 108 valence electrons. The van der Waals surface area contributed by atoms with Crippen molar-refractivity contribution in [3.8, 4) is 0 Å². The molecule has 0 saturated carbocycles. The third-order valence-electron chi connectivity index (χ3n) is 2.66. The second-order valence-electron chi connectivity index (χ2n) is 3.90. The van der Waals surface area contributed by atoms with Crippen molar-refractivity contribution in [3.05, 3.63) is 42.1 Å². The van der Waals surface area contributed by atoms with Gasteiger partial charge in [-0.3, -0.25) is 4.79 Å². The van der Waals surface area contributed by atoms with Crippen LogP contribution in [0.3, 0.4) is 0 Å². The van der Waals surface area contributed by atoms with E-state index in [-0.39, 0.29) is 11.6 Å². The lowest BCUT2D eigenvalue weighted by Crippen LogP contribution is -2.17. The molecule has 0 spiro atoms. The average molecular weight is 318 g/mol. The molecule has 0 bridgehead atoms. The number of hydrogen-bond donors (Lipinski definition) is 1. The number of aromatic nitrogens is 3. The largest absolute Gasteiger partial charge is 0.320 e. The molecule has 0 saturated heterocycles. The molecule has 0 aliphatic heterocycles. The molecule has 0 radical (unpaired) electrons. The monoisotopic (exact) mass is 318 g/mol. The quantitative estimate of drug-likeness (QED) is 0.854. The standard InChI is InChI=1S/C14H14N4OS2/c1-4-9-7-5-6-8-10(9)15-12(19)11-13(20-2)16-14(21-3)18-17-11/h4-8H,1H2,2-3H3,(H,15,19). The summed E-state index contributed by atoms with van der Waals surface area (Å²) < 4.78 is 0. The lowest BCUT2D eigenvalue weighted by Gasteiger charge is -2.09. The number of hydrogen-bond acceptors (Lipinski definition) is 6. The fourth-order valence-corrected chi connectivity index (χ4v) is 2.51. The molecule has 2 aromatic rings. The zero-order valence-corrected chi connectivity index (χ0v) is 13.3. The van der Waals surface area contributed by atoms with Gasteiger partial charge in [0.1, 0.15) is 5.03 Å². The second-order valence-corrected chi connectivity index (χ2v) is 5.47. The van der Waals surface area contributed by atoms with E-state index < -0.39 is 0 Å². The summed E-state index contributed by atoms with van der Waals surface area (Å²) in [6, 6.07) is 7.41. The Morgan fingerprint density at radius 2 is 2.00 bits per heavy atom. The van der Waals surface area contributed by atoms with Gasteiger partial charge in [0, 0.05) is 5.69 Å². The summed E-state index contributed by atoms with van der Waals surface area (Å²) >= 11 is 2.75. The van der Waals surface area contributed by atoms with Gasteiger partial charge in [0.2, 0.25) is 5.16 Å². The van der Waals surface area contributed by atoms with E-state index in [0.29, 0.717) is 15.9 Å². The summed E-state index contributed by atoms with van der Waals surface area (Å²) in [5.74, 6) is -0.332. The van der Waals surface area contributed by atoms with Crippen molar-refractivity contribution in [2.45, 2.75) is 10.2 Å². The number of nitrogens with one attached hydrogen (secondary N) is 1. The number of benzene rings is 1. The van der Waals surface area contributed by atoms with Crippen LogP contribution in [0.5, 0.6) is 0 Å². The molecular weight excluding hydrogens is 304 g/mol. The SMILES string of the molecule is C=Cc1ccccc1NC(=O)c1nnc(SC)nc1SC. The fraction of sp³-hybridized carbons (Fsp3) is 0.143. The lowest BCUT2D eigenvalue weighted by atomic mass is 10.2. The number of para-hydroxylation sites is 1. The first-order valence-electron chi connectivity index (χ1n) is 6.05. The van der Waals surface area contributed by atoms with E-state index in [0.717, 1.165) is 5.56 Å². The van der Waals surface area contributed by atoms with Crippen molar-refractivity contribution in [3.63, 3.8) is 0 Å². The van der Waals surface area contributed by atoms with Gasteiger partial charge in [0.05, 0.1) is 0 Å². The van der Waals surface area contributed by atoms with Crippen LogP contribution in [0.2, 0.25) is 0 Å². The normalized spacial score (nSPS) is 10.2. The third-order valence-corrected chi connectivity index (χ3v) is 3.86. The molecule has 7 heteroatoms. The molecule has 1 amide bonds. The van der Waals surface area contributed by atoms with E-state index in [2.05, 4.69) is 27.1 Å². The minimum atomic E-state index is -0.332. The molecular formula is C14H14N4OS2. The number of thioether (sulfide) groups is 2. The van der Waals surface area contributed by atoms with Crippen LogP contribution in [0.1, 0.15) is 16.1 Å². The summed E-state index contributed by atoms with van der Waals surface area (Å²) in [7, 11) is 0. The first-order valence-corrected chi connectivity index (χ1v) is 8.50. The summed E-state index contributed by atoms with van der Waals surface area (Å²) in [6.45, 7) is 3.73. The van der Waals surface area contributed by atoms with E-state index >= 15 is 0 Å². The highest BCUT2D eigenvalue weighted by molar-refractivity contribution is 7.99. The zero-order valence-electron chi connectivity index (χ0n) is 11.7. The highest BCUT2D eigenvalue weighted by Gasteiger charge is 2.17. The maximum absolute atomic E-state index is 12.4. The Kier molecular flexibility index (Phi) is 5.35. The molecule has 1 heterocycles. The van der Waals surface area contributed by atoms with Crippen LogP contribution < -0.4 is 5.32 Å². The van der Waals surface area contributed by atoms with Crippen LogP contribution in [-0.4, -0.2) is 33.6 Å². The molecule has 0 unspecified atom stereocenters. The van der Waals surface area contributed by atoms with Crippen LogP contribution in [0.25, 0.3) is 6.08 Å². The molecule has 0 fully saturated rings.